The summed E-state index contributed by atoms with van der Waals surface area (Å²) in [6.07, 6.45) is 2.36. The number of nitrogens with one attached hydrogen (secondary N) is 2. The highest BCUT2D eigenvalue weighted by molar-refractivity contribution is 5.81. The fourth-order valence-corrected chi connectivity index (χ4v) is 2.68. The van der Waals surface area contributed by atoms with Crippen LogP contribution in [-0.4, -0.2) is 30.6 Å². The van der Waals surface area contributed by atoms with E-state index in [1.807, 2.05) is 38.1 Å². The number of amides is 1. The molecular formula is C17H26N2O2. The molecule has 1 aliphatic heterocycles. The van der Waals surface area contributed by atoms with Crippen molar-refractivity contribution in [2.24, 2.45) is 0 Å². The van der Waals surface area contributed by atoms with Crippen LogP contribution in [0.4, 0.5) is 0 Å². The van der Waals surface area contributed by atoms with E-state index < -0.39 is 6.10 Å². The number of rotatable bonds is 5. The summed E-state index contributed by atoms with van der Waals surface area (Å²) >= 11 is 0. The van der Waals surface area contributed by atoms with E-state index in [0.717, 1.165) is 30.7 Å². The van der Waals surface area contributed by atoms with E-state index in [1.54, 1.807) is 0 Å². The van der Waals surface area contributed by atoms with Crippen molar-refractivity contribution >= 4 is 5.91 Å². The lowest BCUT2D eigenvalue weighted by Crippen LogP contribution is -2.54. The number of carbonyl (C=O) groups is 1. The molecule has 4 heteroatoms. The third kappa shape index (κ3) is 4.21. The van der Waals surface area contributed by atoms with Gasteiger partial charge < -0.3 is 15.4 Å². The standard InChI is InChI=1S/C17H26N2O2/c1-4-15(21-16-10-6-5-8-12(16)2)17(20)19-14-9-7-11-18-13(14)3/h5-6,8,10,13-15,18H,4,7,9,11H2,1-3H3,(H,19,20). The smallest absolute Gasteiger partial charge is 0.261 e. The van der Waals surface area contributed by atoms with E-state index in [1.165, 1.54) is 0 Å². The fraction of sp³-hybridized carbons (Fsp3) is 0.588. The quantitative estimate of drug-likeness (QED) is 0.875. The molecule has 1 heterocycles. The molecule has 1 saturated heterocycles. The Morgan fingerprint density at radius 2 is 2.24 bits per heavy atom. The van der Waals surface area contributed by atoms with Gasteiger partial charge in [0.15, 0.2) is 6.10 Å². The molecule has 0 bridgehead atoms. The second-order valence-electron chi connectivity index (χ2n) is 5.78. The first kappa shape index (κ1) is 15.8. The average Bonchev–Trinajstić information content (AvgIpc) is 2.48. The van der Waals surface area contributed by atoms with Gasteiger partial charge in [-0.05, 0) is 51.3 Å². The molecule has 1 aromatic carbocycles. The Morgan fingerprint density at radius 3 is 2.90 bits per heavy atom. The van der Waals surface area contributed by atoms with E-state index in [0.29, 0.717) is 12.5 Å². The van der Waals surface area contributed by atoms with Gasteiger partial charge in [0.1, 0.15) is 5.75 Å². The Morgan fingerprint density at radius 1 is 1.48 bits per heavy atom. The van der Waals surface area contributed by atoms with Crippen LogP contribution in [0.2, 0.25) is 0 Å². The largest absolute Gasteiger partial charge is 0.480 e. The topological polar surface area (TPSA) is 50.4 Å². The molecule has 21 heavy (non-hydrogen) atoms. The molecule has 0 radical (unpaired) electrons. The van der Waals surface area contributed by atoms with Crippen molar-refractivity contribution in [2.45, 2.75) is 58.2 Å². The van der Waals surface area contributed by atoms with Crippen LogP contribution >= 0.6 is 0 Å². The second-order valence-corrected chi connectivity index (χ2v) is 5.78. The summed E-state index contributed by atoms with van der Waals surface area (Å²) < 4.78 is 5.90. The monoisotopic (exact) mass is 290 g/mol. The van der Waals surface area contributed by atoms with Gasteiger partial charge in [-0.25, -0.2) is 0 Å². The van der Waals surface area contributed by atoms with E-state index in [4.69, 9.17) is 4.74 Å². The third-order valence-electron chi connectivity index (χ3n) is 4.12. The molecular weight excluding hydrogens is 264 g/mol. The molecule has 0 spiro atoms. The molecule has 2 rings (SSSR count). The van der Waals surface area contributed by atoms with Gasteiger partial charge in [0.25, 0.3) is 5.91 Å². The van der Waals surface area contributed by atoms with Crippen LogP contribution < -0.4 is 15.4 Å². The number of hydrogen-bond donors (Lipinski definition) is 2. The van der Waals surface area contributed by atoms with Gasteiger partial charge in [-0.3, -0.25) is 4.79 Å². The van der Waals surface area contributed by atoms with Crippen LogP contribution in [-0.2, 0) is 4.79 Å². The number of carbonyl (C=O) groups excluding carboxylic acids is 1. The van der Waals surface area contributed by atoms with Gasteiger partial charge in [-0.2, -0.15) is 0 Å². The zero-order chi connectivity index (χ0) is 15.2. The highest BCUT2D eigenvalue weighted by Gasteiger charge is 2.26. The Balaban J connectivity index is 1.97. The van der Waals surface area contributed by atoms with Gasteiger partial charge in [0, 0.05) is 12.1 Å². The lowest BCUT2D eigenvalue weighted by molar-refractivity contribution is -0.129. The predicted octanol–water partition coefficient (Wildman–Crippen LogP) is 2.41. The van der Waals surface area contributed by atoms with Crippen molar-refractivity contribution in [2.75, 3.05) is 6.54 Å². The number of ether oxygens (including phenoxy) is 1. The van der Waals surface area contributed by atoms with Crippen molar-refractivity contribution in [3.8, 4) is 5.75 Å². The van der Waals surface area contributed by atoms with Crippen LogP contribution in [0, 0.1) is 6.92 Å². The minimum Gasteiger partial charge on any atom is -0.480 e. The molecule has 3 unspecified atom stereocenters. The van der Waals surface area contributed by atoms with Crippen molar-refractivity contribution in [3.63, 3.8) is 0 Å². The van der Waals surface area contributed by atoms with Crippen molar-refractivity contribution in [3.05, 3.63) is 29.8 Å². The van der Waals surface area contributed by atoms with Gasteiger partial charge >= 0.3 is 0 Å². The molecule has 0 saturated carbocycles. The van der Waals surface area contributed by atoms with Crippen molar-refractivity contribution < 1.29 is 9.53 Å². The molecule has 4 nitrogen and oxygen atoms in total. The number of benzene rings is 1. The summed E-state index contributed by atoms with van der Waals surface area (Å²) in [7, 11) is 0. The molecule has 3 atom stereocenters. The first-order chi connectivity index (χ1) is 10.1. The maximum Gasteiger partial charge on any atom is 0.261 e. The molecule has 0 aromatic heterocycles. The molecule has 116 valence electrons. The normalized spacial score (nSPS) is 23.4. The van der Waals surface area contributed by atoms with Crippen molar-refractivity contribution in [1.82, 2.24) is 10.6 Å². The first-order valence-electron chi connectivity index (χ1n) is 7.88. The molecule has 1 aliphatic rings. The minimum atomic E-state index is -0.430. The van der Waals surface area contributed by atoms with Crippen molar-refractivity contribution in [1.29, 1.82) is 0 Å². The maximum absolute atomic E-state index is 12.4. The molecule has 1 aromatic rings. The average molecular weight is 290 g/mol. The lowest BCUT2D eigenvalue weighted by Gasteiger charge is -2.31. The highest BCUT2D eigenvalue weighted by Crippen LogP contribution is 2.19. The summed E-state index contributed by atoms with van der Waals surface area (Å²) in [4.78, 5) is 12.4. The summed E-state index contributed by atoms with van der Waals surface area (Å²) in [5, 5.41) is 6.53. The fourth-order valence-electron chi connectivity index (χ4n) is 2.68. The molecule has 2 N–H and O–H groups in total. The van der Waals surface area contributed by atoms with Crippen LogP contribution in [0.15, 0.2) is 24.3 Å². The summed E-state index contributed by atoms with van der Waals surface area (Å²) in [5.41, 5.74) is 1.05. The van der Waals surface area contributed by atoms with Crippen LogP contribution in [0.1, 0.15) is 38.7 Å². The zero-order valence-electron chi connectivity index (χ0n) is 13.2. The minimum absolute atomic E-state index is 0.0127. The van der Waals surface area contributed by atoms with Crippen LogP contribution in [0.25, 0.3) is 0 Å². The Bertz CT molecular complexity index is 476. The van der Waals surface area contributed by atoms with Crippen LogP contribution in [0.3, 0.4) is 0 Å². The third-order valence-corrected chi connectivity index (χ3v) is 4.12. The van der Waals surface area contributed by atoms with Crippen LogP contribution in [0.5, 0.6) is 5.75 Å². The zero-order valence-corrected chi connectivity index (χ0v) is 13.2. The van der Waals surface area contributed by atoms with E-state index >= 15 is 0 Å². The summed E-state index contributed by atoms with van der Waals surface area (Å²) in [6, 6.07) is 8.32. The van der Waals surface area contributed by atoms with Gasteiger partial charge in [0.05, 0.1) is 0 Å². The number of para-hydroxylation sites is 1. The molecule has 0 aliphatic carbocycles. The Labute approximate surface area is 127 Å². The Kier molecular flexibility index (Phi) is 5.62. The lowest BCUT2D eigenvalue weighted by atomic mass is 9.99. The van der Waals surface area contributed by atoms with E-state index in [-0.39, 0.29) is 11.9 Å². The van der Waals surface area contributed by atoms with Gasteiger partial charge in [0.2, 0.25) is 0 Å². The molecule has 1 fully saturated rings. The highest BCUT2D eigenvalue weighted by atomic mass is 16.5. The maximum atomic E-state index is 12.4. The Hall–Kier alpha value is -1.55. The number of aryl methyl sites for hydroxylation is 1. The summed E-state index contributed by atoms with van der Waals surface area (Å²) in [5.74, 6) is 0.774. The van der Waals surface area contributed by atoms with E-state index in [9.17, 15) is 4.79 Å². The first-order valence-corrected chi connectivity index (χ1v) is 7.88. The SMILES string of the molecule is CCC(Oc1ccccc1C)C(=O)NC1CCCNC1C. The molecule has 1 amide bonds. The van der Waals surface area contributed by atoms with E-state index in [2.05, 4.69) is 17.6 Å². The summed E-state index contributed by atoms with van der Waals surface area (Å²) in [6.45, 7) is 7.12. The number of piperidine rings is 1. The van der Waals surface area contributed by atoms with Gasteiger partial charge in [-0.1, -0.05) is 25.1 Å². The van der Waals surface area contributed by atoms with Gasteiger partial charge in [-0.15, -0.1) is 0 Å². The second kappa shape index (κ2) is 7.46. The number of hydrogen-bond acceptors (Lipinski definition) is 3. The predicted molar refractivity (Wildman–Crippen MR) is 84.5 cm³/mol.